The standard InChI is InChI=1S/C21H21NO5/c1-21(19(24)25)10-13(23)11-22(21)20(26)27-12-18-16-8-4-2-6-14(16)15-7-3-5-9-17(15)18/h2-9,13,18,23H,10-12H2,1H3,(H,24,25)/t13-,21+/m1/s1. The topological polar surface area (TPSA) is 87.1 Å². The molecule has 1 aliphatic carbocycles. The summed E-state index contributed by atoms with van der Waals surface area (Å²) in [5, 5.41) is 19.3. The predicted molar refractivity (Wildman–Crippen MR) is 98.4 cm³/mol. The molecule has 2 aromatic carbocycles. The number of carboxylic acid groups (broad SMARTS) is 1. The lowest BCUT2D eigenvalue weighted by molar-refractivity contribution is -0.147. The lowest BCUT2D eigenvalue weighted by atomic mass is 9.98. The third kappa shape index (κ3) is 2.77. The van der Waals surface area contributed by atoms with E-state index in [-0.39, 0.29) is 25.5 Å². The van der Waals surface area contributed by atoms with E-state index in [2.05, 4.69) is 0 Å². The Bertz CT molecular complexity index is 865. The maximum Gasteiger partial charge on any atom is 0.410 e. The van der Waals surface area contributed by atoms with E-state index in [4.69, 9.17) is 4.74 Å². The van der Waals surface area contributed by atoms with Gasteiger partial charge in [-0.3, -0.25) is 4.90 Å². The molecule has 1 fully saturated rings. The largest absolute Gasteiger partial charge is 0.480 e. The van der Waals surface area contributed by atoms with E-state index < -0.39 is 23.7 Å². The first-order valence-electron chi connectivity index (χ1n) is 8.96. The average Bonchev–Trinajstić information content (AvgIpc) is 3.15. The van der Waals surface area contributed by atoms with Crippen molar-refractivity contribution in [3.05, 3.63) is 59.7 Å². The third-order valence-corrected chi connectivity index (χ3v) is 5.64. The second-order valence-corrected chi connectivity index (χ2v) is 7.35. The van der Waals surface area contributed by atoms with Gasteiger partial charge in [0.05, 0.1) is 12.6 Å². The number of aliphatic hydroxyl groups is 1. The monoisotopic (exact) mass is 367 g/mol. The number of aliphatic carboxylic acids is 1. The van der Waals surface area contributed by atoms with Crippen LogP contribution in [0.4, 0.5) is 4.79 Å². The predicted octanol–water partition coefficient (Wildman–Crippen LogP) is 2.85. The van der Waals surface area contributed by atoms with Crippen LogP contribution >= 0.6 is 0 Å². The fourth-order valence-electron chi connectivity index (χ4n) is 4.20. The van der Waals surface area contributed by atoms with Crippen molar-refractivity contribution in [2.24, 2.45) is 0 Å². The van der Waals surface area contributed by atoms with Crippen molar-refractivity contribution >= 4 is 12.1 Å². The second-order valence-electron chi connectivity index (χ2n) is 7.35. The Morgan fingerprint density at radius 1 is 1.11 bits per heavy atom. The molecule has 0 aromatic heterocycles. The summed E-state index contributed by atoms with van der Waals surface area (Å²) in [7, 11) is 0. The Kier molecular flexibility index (Phi) is 4.15. The van der Waals surface area contributed by atoms with Gasteiger partial charge < -0.3 is 14.9 Å². The van der Waals surface area contributed by atoms with Crippen molar-refractivity contribution in [1.82, 2.24) is 4.90 Å². The van der Waals surface area contributed by atoms with Crippen LogP contribution in [0.3, 0.4) is 0 Å². The number of hydrogen-bond donors (Lipinski definition) is 2. The van der Waals surface area contributed by atoms with Crippen molar-refractivity contribution in [3.63, 3.8) is 0 Å². The molecule has 0 radical (unpaired) electrons. The van der Waals surface area contributed by atoms with Gasteiger partial charge in [0.25, 0.3) is 0 Å². The summed E-state index contributed by atoms with van der Waals surface area (Å²) in [5.74, 6) is -1.24. The maximum atomic E-state index is 12.6. The van der Waals surface area contributed by atoms with Gasteiger partial charge in [-0.05, 0) is 29.2 Å². The van der Waals surface area contributed by atoms with Gasteiger partial charge in [-0.15, -0.1) is 0 Å². The second kappa shape index (κ2) is 6.39. The molecule has 1 amide bonds. The van der Waals surface area contributed by atoms with Gasteiger partial charge in [0.15, 0.2) is 0 Å². The molecule has 140 valence electrons. The zero-order valence-corrected chi connectivity index (χ0v) is 15.0. The highest BCUT2D eigenvalue weighted by Crippen LogP contribution is 2.44. The summed E-state index contributed by atoms with van der Waals surface area (Å²) in [5.41, 5.74) is 2.98. The van der Waals surface area contributed by atoms with Crippen LogP contribution in [0.25, 0.3) is 11.1 Å². The van der Waals surface area contributed by atoms with Gasteiger partial charge in [-0.25, -0.2) is 9.59 Å². The number of hydrogen-bond acceptors (Lipinski definition) is 4. The number of carbonyl (C=O) groups is 2. The summed E-state index contributed by atoms with van der Waals surface area (Å²) >= 11 is 0. The first kappa shape index (κ1) is 17.5. The Labute approximate surface area is 157 Å². The number of ether oxygens (including phenoxy) is 1. The minimum Gasteiger partial charge on any atom is -0.480 e. The van der Waals surface area contributed by atoms with Crippen LogP contribution in [0.15, 0.2) is 48.5 Å². The van der Waals surface area contributed by atoms with Crippen molar-refractivity contribution in [2.45, 2.75) is 30.9 Å². The molecule has 27 heavy (non-hydrogen) atoms. The molecule has 6 nitrogen and oxygen atoms in total. The van der Waals surface area contributed by atoms with Gasteiger partial charge in [0, 0.05) is 12.3 Å². The number of benzene rings is 2. The van der Waals surface area contributed by atoms with Crippen LogP contribution in [-0.4, -0.2) is 52.0 Å². The molecule has 2 aliphatic rings. The molecule has 0 saturated carbocycles. The Morgan fingerprint density at radius 3 is 2.22 bits per heavy atom. The summed E-state index contributed by atoms with van der Waals surface area (Å²) in [6.45, 7) is 1.52. The smallest absolute Gasteiger partial charge is 0.410 e. The molecule has 1 aliphatic heterocycles. The van der Waals surface area contributed by atoms with Crippen LogP contribution in [0.1, 0.15) is 30.4 Å². The van der Waals surface area contributed by atoms with Gasteiger partial charge in [0.2, 0.25) is 0 Å². The molecule has 0 unspecified atom stereocenters. The number of carbonyl (C=O) groups excluding carboxylic acids is 1. The van der Waals surface area contributed by atoms with E-state index in [0.29, 0.717) is 0 Å². The molecular formula is C21H21NO5. The fourth-order valence-corrected chi connectivity index (χ4v) is 4.20. The first-order valence-corrected chi connectivity index (χ1v) is 8.96. The number of β-amino-alcohol motifs (C(OH)–C–C–N with tert-alkyl or cyclic N) is 1. The van der Waals surface area contributed by atoms with E-state index in [9.17, 15) is 19.8 Å². The van der Waals surface area contributed by atoms with Crippen LogP contribution in [0.5, 0.6) is 0 Å². The quantitative estimate of drug-likeness (QED) is 0.871. The molecule has 1 saturated heterocycles. The minimum atomic E-state index is -1.46. The van der Waals surface area contributed by atoms with Crippen molar-refractivity contribution in [2.75, 3.05) is 13.2 Å². The summed E-state index contributed by atoms with van der Waals surface area (Å²) in [6, 6.07) is 16.0. The molecule has 2 N–H and O–H groups in total. The van der Waals surface area contributed by atoms with E-state index >= 15 is 0 Å². The summed E-state index contributed by atoms with van der Waals surface area (Å²) in [6.07, 6.45) is -1.59. The van der Waals surface area contributed by atoms with E-state index in [1.54, 1.807) is 0 Å². The number of likely N-dealkylation sites (tertiary alicyclic amines) is 1. The van der Waals surface area contributed by atoms with Crippen LogP contribution in [-0.2, 0) is 9.53 Å². The van der Waals surface area contributed by atoms with E-state index in [0.717, 1.165) is 27.2 Å². The highest BCUT2D eigenvalue weighted by Gasteiger charge is 2.50. The van der Waals surface area contributed by atoms with Crippen molar-refractivity contribution in [1.29, 1.82) is 0 Å². The third-order valence-electron chi connectivity index (χ3n) is 5.64. The number of rotatable bonds is 3. The lowest BCUT2D eigenvalue weighted by Crippen LogP contribution is -2.51. The Balaban J connectivity index is 1.56. The fraction of sp³-hybridized carbons (Fsp3) is 0.333. The average molecular weight is 367 g/mol. The van der Waals surface area contributed by atoms with E-state index in [1.165, 1.54) is 6.92 Å². The molecule has 2 aromatic rings. The molecule has 1 heterocycles. The van der Waals surface area contributed by atoms with Gasteiger partial charge in [-0.2, -0.15) is 0 Å². The zero-order chi connectivity index (χ0) is 19.2. The number of fused-ring (bicyclic) bond motifs is 3. The Hall–Kier alpha value is -2.86. The summed E-state index contributed by atoms with van der Waals surface area (Å²) < 4.78 is 5.53. The molecular weight excluding hydrogens is 346 g/mol. The van der Waals surface area contributed by atoms with Crippen LogP contribution < -0.4 is 0 Å². The van der Waals surface area contributed by atoms with Crippen LogP contribution in [0.2, 0.25) is 0 Å². The molecule has 2 atom stereocenters. The molecule has 0 spiro atoms. The van der Waals surface area contributed by atoms with Gasteiger partial charge in [0.1, 0.15) is 12.1 Å². The molecule has 6 heteroatoms. The Morgan fingerprint density at radius 2 is 1.67 bits per heavy atom. The highest BCUT2D eigenvalue weighted by atomic mass is 16.6. The first-order chi connectivity index (χ1) is 12.9. The lowest BCUT2D eigenvalue weighted by Gasteiger charge is -2.30. The number of carboxylic acids is 1. The van der Waals surface area contributed by atoms with Crippen molar-refractivity contribution < 1.29 is 24.5 Å². The van der Waals surface area contributed by atoms with Crippen molar-refractivity contribution in [3.8, 4) is 11.1 Å². The molecule has 4 rings (SSSR count). The maximum absolute atomic E-state index is 12.6. The van der Waals surface area contributed by atoms with E-state index in [1.807, 2.05) is 48.5 Å². The zero-order valence-electron chi connectivity index (χ0n) is 15.0. The molecule has 0 bridgehead atoms. The highest BCUT2D eigenvalue weighted by molar-refractivity contribution is 5.85. The number of nitrogens with zero attached hydrogens (tertiary/aromatic N) is 1. The SMILES string of the molecule is C[C@@]1(C(=O)O)C[C@@H](O)CN1C(=O)OCC1c2ccccc2-c2ccccc21. The summed E-state index contributed by atoms with van der Waals surface area (Å²) in [4.78, 5) is 25.3. The normalized spacial score (nSPS) is 23.8. The van der Waals surface area contributed by atoms with Gasteiger partial charge >= 0.3 is 12.1 Å². The van der Waals surface area contributed by atoms with Crippen LogP contribution in [0, 0.1) is 0 Å². The number of aliphatic hydroxyl groups excluding tert-OH is 1. The van der Waals surface area contributed by atoms with Gasteiger partial charge in [-0.1, -0.05) is 48.5 Å². The number of amides is 1. The minimum absolute atomic E-state index is 0.00741.